The van der Waals surface area contributed by atoms with Crippen molar-refractivity contribution in [3.05, 3.63) is 57.8 Å². The highest BCUT2D eigenvalue weighted by atomic mass is 35.5. The van der Waals surface area contributed by atoms with E-state index in [1.54, 1.807) is 6.07 Å². The number of rotatable bonds is 2. The lowest BCUT2D eigenvalue weighted by molar-refractivity contribution is 0.0697. The van der Waals surface area contributed by atoms with Gasteiger partial charge in [-0.15, -0.1) is 0 Å². The first-order valence-electron chi connectivity index (χ1n) is 4.97. The van der Waals surface area contributed by atoms with E-state index in [-0.39, 0.29) is 16.1 Å². The van der Waals surface area contributed by atoms with Gasteiger partial charge in [0.15, 0.2) is 0 Å². The van der Waals surface area contributed by atoms with Gasteiger partial charge in [0.2, 0.25) is 0 Å². The highest BCUT2D eigenvalue weighted by Crippen LogP contribution is 2.29. The van der Waals surface area contributed by atoms with Crippen LogP contribution < -0.4 is 0 Å². The third-order valence-electron chi connectivity index (χ3n) is 2.44. The van der Waals surface area contributed by atoms with Crippen molar-refractivity contribution in [2.75, 3.05) is 0 Å². The molecule has 5 heteroatoms. The number of halogens is 3. The van der Waals surface area contributed by atoms with Gasteiger partial charge in [-0.25, -0.2) is 9.18 Å². The fourth-order valence-electron chi connectivity index (χ4n) is 1.58. The second-order valence-electron chi connectivity index (χ2n) is 3.62. The average molecular weight is 285 g/mol. The molecule has 2 rings (SSSR count). The van der Waals surface area contributed by atoms with Crippen LogP contribution in [0, 0.1) is 5.82 Å². The van der Waals surface area contributed by atoms with Crippen molar-refractivity contribution in [1.29, 1.82) is 0 Å². The summed E-state index contributed by atoms with van der Waals surface area (Å²) < 4.78 is 13.6. The van der Waals surface area contributed by atoms with Crippen molar-refractivity contribution in [2.24, 2.45) is 0 Å². The highest BCUT2D eigenvalue weighted by Gasteiger charge is 2.12. The molecule has 0 amide bonds. The van der Waals surface area contributed by atoms with Crippen molar-refractivity contribution < 1.29 is 14.3 Å². The summed E-state index contributed by atoms with van der Waals surface area (Å²) in [6.07, 6.45) is 0. The van der Waals surface area contributed by atoms with Crippen LogP contribution in [0.15, 0.2) is 36.4 Å². The summed E-state index contributed by atoms with van der Waals surface area (Å²) in [6, 6.07) is 8.37. The minimum absolute atomic E-state index is 0.0754. The maximum absolute atomic E-state index is 13.6. The number of carboxylic acids is 1. The molecule has 0 spiro atoms. The number of carboxylic acid groups (broad SMARTS) is 1. The Hall–Kier alpha value is -1.58. The molecular weight excluding hydrogens is 278 g/mol. The molecule has 0 aliphatic heterocycles. The smallest absolute Gasteiger partial charge is 0.337 e. The van der Waals surface area contributed by atoms with Gasteiger partial charge in [0.05, 0.1) is 10.6 Å². The normalized spacial score (nSPS) is 10.4. The Balaban J connectivity index is 2.61. The molecule has 0 aliphatic carbocycles. The van der Waals surface area contributed by atoms with Gasteiger partial charge in [-0.3, -0.25) is 0 Å². The Labute approximate surface area is 113 Å². The molecule has 2 aromatic rings. The van der Waals surface area contributed by atoms with Crippen LogP contribution in [-0.2, 0) is 0 Å². The predicted octanol–water partition coefficient (Wildman–Crippen LogP) is 4.50. The van der Waals surface area contributed by atoms with Crippen molar-refractivity contribution in [2.45, 2.75) is 0 Å². The van der Waals surface area contributed by atoms with Crippen LogP contribution in [-0.4, -0.2) is 11.1 Å². The zero-order valence-corrected chi connectivity index (χ0v) is 10.5. The first-order valence-corrected chi connectivity index (χ1v) is 5.73. The minimum atomic E-state index is -1.16. The molecule has 0 unspecified atom stereocenters. The van der Waals surface area contributed by atoms with Gasteiger partial charge >= 0.3 is 5.97 Å². The second-order valence-corrected chi connectivity index (χ2v) is 4.47. The number of benzene rings is 2. The van der Waals surface area contributed by atoms with E-state index < -0.39 is 11.8 Å². The van der Waals surface area contributed by atoms with Crippen molar-refractivity contribution in [1.82, 2.24) is 0 Å². The van der Waals surface area contributed by atoms with E-state index in [2.05, 4.69) is 0 Å². The van der Waals surface area contributed by atoms with Crippen LogP contribution in [0.3, 0.4) is 0 Å². The molecule has 18 heavy (non-hydrogen) atoms. The van der Waals surface area contributed by atoms with E-state index in [0.717, 1.165) is 0 Å². The molecule has 0 atom stereocenters. The Morgan fingerprint density at radius 2 is 1.83 bits per heavy atom. The Morgan fingerprint density at radius 1 is 1.11 bits per heavy atom. The van der Waals surface area contributed by atoms with Gasteiger partial charge < -0.3 is 5.11 Å². The number of carbonyl (C=O) groups is 1. The van der Waals surface area contributed by atoms with Gasteiger partial charge in [0.1, 0.15) is 5.82 Å². The standard InChI is InChI=1S/C13H7Cl2FO2/c14-8-2-4-12(16)9(6-8)7-1-3-11(15)10(5-7)13(17)18/h1-6H,(H,17,18). The summed E-state index contributed by atoms with van der Waals surface area (Å²) >= 11 is 11.5. The van der Waals surface area contributed by atoms with Crippen LogP contribution in [0.25, 0.3) is 11.1 Å². The number of hydrogen-bond donors (Lipinski definition) is 1. The molecule has 0 saturated carbocycles. The molecule has 1 N–H and O–H groups in total. The van der Waals surface area contributed by atoms with E-state index >= 15 is 0 Å². The van der Waals surface area contributed by atoms with Crippen molar-refractivity contribution >= 4 is 29.2 Å². The first kappa shape index (κ1) is 12.9. The van der Waals surface area contributed by atoms with E-state index in [9.17, 15) is 9.18 Å². The van der Waals surface area contributed by atoms with Crippen LogP contribution in [0.5, 0.6) is 0 Å². The van der Waals surface area contributed by atoms with Gasteiger partial charge in [-0.05, 0) is 35.9 Å². The fourth-order valence-corrected chi connectivity index (χ4v) is 1.95. The topological polar surface area (TPSA) is 37.3 Å². The van der Waals surface area contributed by atoms with Gasteiger partial charge in [-0.2, -0.15) is 0 Å². The summed E-state index contributed by atoms with van der Waals surface area (Å²) in [4.78, 5) is 11.0. The van der Waals surface area contributed by atoms with Gasteiger partial charge in [0, 0.05) is 10.6 Å². The van der Waals surface area contributed by atoms with Crippen LogP contribution in [0.2, 0.25) is 10.0 Å². The molecule has 0 aliphatic rings. The van der Waals surface area contributed by atoms with Gasteiger partial charge in [0.25, 0.3) is 0 Å². The quantitative estimate of drug-likeness (QED) is 0.882. The highest BCUT2D eigenvalue weighted by molar-refractivity contribution is 6.33. The molecule has 0 bridgehead atoms. The molecule has 0 heterocycles. The number of aromatic carboxylic acids is 1. The molecule has 0 radical (unpaired) electrons. The fraction of sp³-hybridized carbons (Fsp3) is 0. The van der Waals surface area contributed by atoms with Crippen molar-refractivity contribution in [3.8, 4) is 11.1 Å². The summed E-state index contributed by atoms with van der Waals surface area (Å²) in [5, 5.41) is 9.44. The van der Waals surface area contributed by atoms with Crippen LogP contribution in [0.4, 0.5) is 4.39 Å². The van der Waals surface area contributed by atoms with E-state index in [1.165, 1.54) is 30.3 Å². The SMILES string of the molecule is O=C(O)c1cc(-c2cc(Cl)ccc2F)ccc1Cl. The summed E-state index contributed by atoms with van der Waals surface area (Å²) in [6.45, 7) is 0. The molecule has 0 aromatic heterocycles. The lowest BCUT2D eigenvalue weighted by Crippen LogP contribution is -1.98. The Kier molecular flexibility index (Phi) is 3.55. The molecule has 2 aromatic carbocycles. The summed E-state index contributed by atoms with van der Waals surface area (Å²) in [5.74, 6) is -1.64. The minimum Gasteiger partial charge on any atom is -0.478 e. The third-order valence-corrected chi connectivity index (χ3v) is 3.00. The molecule has 2 nitrogen and oxygen atoms in total. The van der Waals surface area contributed by atoms with Crippen LogP contribution in [0.1, 0.15) is 10.4 Å². The Morgan fingerprint density at radius 3 is 2.50 bits per heavy atom. The summed E-state index contributed by atoms with van der Waals surface area (Å²) in [7, 11) is 0. The second kappa shape index (κ2) is 4.96. The largest absolute Gasteiger partial charge is 0.478 e. The summed E-state index contributed by atoms with van der Waals surface area (Å²) in [5.41, 5.74) is 0.576. The monoisotopic (exact) mass is 284 g/mol. The average Bonchev–Trinajstić information content (AvgIpc) is 2.33. The molecule has 0 fully saturated rings. The van der Waals surface area contributed by atoms with E-state index in [4.69, 9.17) is 28.3 Å². The Bertz CT molecular complexity index is 626. The lowest BCUT2D eigenvalue weighted by atomic mass is 10.0. The maximum atomic E-state index is 13.6. The lowest BCUT2D eigenvalue weighted by Gasteiger charge is -2.06. The van der Waals surface area contributed by atoms with Crippen molar-refractivity contribution in [3.63, 3.8) is 0 Å². The number of hydrogen-bond acceptors (Lipinski definition) is 1. The molecular formula is C13H7Cl2FO2. The zero-order chi connectivity index (χ0) is 13.3. The maximum Gasteiger partial charge on any atom is 0.337 e. The third kappa shape index (κ3) is 2.47. The zero-order valence-electron chi connectivity index (χ0n) is 8.95. The van der Waals surface area contributed by atoms with Gasteiger partial charge in [-0.1, -0.05) is 29.3 Å². The first-order chi connectivity index (χ1) is 8.49. The predicted molar refractivity (Wildman–Crippen MR) is 68.8 cm³/mol. The molecule has 0 saturated heterocycles. The van der Waals surface area contributed by atoms with Crippen LogP contribution >= 0.6 is 23.2 Å². The van der Waals surface area contributed by atoms with E-state index in [0.29, 0.717) is 10.6 Å². The molecule has 92 valence electrons. The van der Waals surface area contributed by atoms with E-state index in [1.807, 2.05) is 0 Å².